The number of carbonyl (C=O) groups is 4. The fourth-order valence-corrected chi connectivity index (χ4v) is 3.11. The van der Waals surface area contributed by atoms with Crippen LogP contribution in [-0.4, -0.2) is 72.1 Å². The first-order valence-electron chi connectivity index (χ1n) is 11.9. The van der Waals surface area contributed by atoms with Crippen LogP contribution in [0.1, 0.15) is 38.2 Å². The average Bonchev–Trinajstić information content (AvgIpc) is 2.86. The highest BCUT2D eigenvalue weighted by molar-refractivity contribution is 5.92. The Bertz CT molecular complexity index is 979. The molecule has 0 aliphatic rings. The van der Waals surface area contributed by atoms with E-state index in [0.29, 0.717) is 12.8 Å². The molecule has 38 heavy (non-hydrogen) atoms. The van der Waals surface area contributed by atoms with Crippen molar-refractivity contribution < 1.29 is 29.0 Å². The molecule has 210 valence electrons. The number of carboxylic acids is 1. The maximum Gasteiger partial charge on any atom is 0.408 e. The van der Waals surface area contributed by atoms with Crippen LogP contribution in [0.2, 0.25) is 0 Å². The SMILES string of the molecule is C[C@H](NC(=O)OCc1ccccc1)C(=O)N[C@@H](CCCN=C(N)N)C(=O)N[C@@H](CCCN=C(N)N)C(=O)O. The number of ether oxygens (including phenoxy) is 1. The Kier molecular flexibility index (Phi) is 14.1. The number of nitrogens with one attached hydrogen (secondary N) is 3. The van der Waals surface area contributed by atoms with E-state index in [1.807, 2.05) is 6.07 Å². The molecule has 1 aromatic carbocycles. The molecule has 0 aliphatic carbocycles. The van der Waals surface area contributed by atoms with Gasteiger partial charge in [0.1, 0.15) is 24.7 Å². The summed E-state index contributed by atoms with van der Waals surface area (Å²) >= 11 is 0. The highest BCUT2D eigenvalue weighted by atomic mass is 16.5. The maximum absolute atomic E-state index is 12.9. The number of amides is 3. The second-order valence-corrected chi connectivity index (χ2v) is 8.29. The van der Waals surface area contributed by atoms with E-state index in [2.05, 4.69) is 25.9 Å². The van der Waals surface area contributed by atoms with E-state index in [1.54, 1.807) is 24.3 Å². The molecule has 12 N–H and O–H groups in total. The maximum atomic E-state index is 12.9. The highest BCUT2D eigenvalue weighted by Crippen LogP contribution is 2.05. The molecule has 0 heterocycles. The minimum absolute atomic E-state index is 0.0105. The van der Waals surface area contributed by atoms with Crippen LogP contribution in [0, 0.1) is 0 Å². The molecule has 3 amide bonds. The lowest BCUT2D eigenvalue weighted by Crippen LogP contribution is -2.55. The van der Waals surface area contributed by atoms with Crippen LogP contribution in [0.5, 0.6) is 0 Å². The number of alkyl carbamates (subject to hydrolysis) is 1. The highest BCUT2D eigenvalue weighted by Gasteiger charge is 2.28. The van der Waals surface area contributed by atoms with Crippen LogP contribution in [0.3, 0.4) is 0 Å². The molecule has 0 spiro atoms. The lowest BCUT2D eigenvalue weighted by atomic mass is 10.1. The summed E-state index contributed by atoms with van der Waals surface area (Å²) in [6, 6.07) is 5.55. The Morgan fingerprint density at radius 2 is 1.37 bits per heavy atom. The van der Waals surface area contributed by atoms with Crippen molar-refractivity contribution in [1.29, 1.82) is 0 Å². The largest absolute Gasteiger partial charge is 0.480 e. The molecule has 1 rings (SSSR count). The van der Waals surface area contributed by atoms with Gasteiger partial charge in [-0.25, -0.2) is 9.59 Å². The number of benzene rings is 1. The second-order valence-electron chi connectivity index (χ2n) is 8.29. The van der Waals surface area contributed by atoms with Crippen molar-refractivity contribution in [3.8, 4) is 0 Å². The van der Waals surface area contributed by atoms with Gasteiger partial charge >= 0.3 is 12.1 Å². The Labute approximate surface area is 220 Å². The number of aliphatic carboxylic acids is 1. The van der Waals surface area contributed by atoms with Crippen LogP contribution in [0.25, 0.3) is 0 Å². The first-order chi connectivity index (χ1) is 18.0. The quantitative estimate of drug-likeness (QED) is 0.0686. The van der Waals surface area contributed by atoms with Gasteiger partial charge in [0.15, 0.2) is 11.9 Å². The lowest BCUT2D eigenvalue weighted by Gasteiger charge is -2.23. The topological polar surface area (TPSA) is 263 Å². The van der Waals surface area contributed by atoms with Gasteiger partial charge in [0.2, 0.25) is 11.8 Å². The summed E-state index contributed by atoms with van der Waals surface area (Å²) in [6.45, 7) is 1.79. The van der Waals surface area contributed by atoms with Crippen molar-refractivity contribution in [2.24, 2.45) is 32.9 Å². The smallest absolute Gasteiger partial charge is 0.408 e. The zero-order valence-corrected chi connectivity index (χ0v) is 21.3. The van der Waals surface area contributed by atoms with Crippen molar-refractivity contribution in [3.05, 3.63) is 35.9 Å². The molecule has 0 radical (unpaired) electrons. The number of hydrogen-bond donors (Lipinski definition) is 8. The molecular weight excluding hydrogens is 498 g/mol. The van der Waals surface area contributed by atoms with Gasteiger partial charge in [-0.2, -0.15) is 0 Å². The normalized spacial score (nSPS) is 12.7. The van der Waals surface area contributed by atoms with E-state index in [1.165, 1.54) is 6.92 Å². The number of aliphatic imine (C=N–C) groups is 2. The Hall–Kier alpha value is -4.56. The molecule has 0 aromatic heterocycles. The third-order valence-corrected chi connectivity index (χ3v) is 5.08. The van der Waals surface area contributed by atoms with Crippen LogP contribution in [-0.2, 0) is 25.7 Å². The van der Waals surface area contributed by atoms with Crippen molar-refractivity contribution in [2.75, 3.05) is 13.1 Å². The van der Waals surface area contributed by atoms with Gasteiger partial charge in [0.05, 0.1) is 0 Å². The predicted molar refractivity (Wildman–Crippen MR) is 141 cm³/mol. The third kappa shape index (κ3) is 13.5. The molecule has 0 aliphatic heterocycles. The number of guanidine groups is 2. The Balaban J connectivity index is 2.76. The zero-order valence-electron chi connectivity index (χ0n) is 21.3. The summed E-state index contributed by atoms with van der Waals surface area (Å²) in [5.74, 6) is -2.92. The van der Waals surface area contributed by atoms with Crippen molar-refractivity contribution >= 4 is 35.8 Å². The van der Waals surface area contributed by atoms with Crippen LogP contribution in [0.15, 0.2) is 40.3 Å². The molecule has 0 saturated carbocycles. The standard InChI is InChI=1S/C23H37N9O6/c1-14(30-23(37)38-13-15-7-3-2-4-8-15)18(33)31-16(9-5-11-28-21(24)25)19(34)32-17(20(35)36)10-6-12-29-22(26)27/h2-4,7-8,14,16-17H,5-6,9-13H2,1H3,(H,30,37)(H,31,33)(H,32,34)(H,35,36)(H4,24,25,28)(H4,26,27,29)/t14-,16-,17-/m0/s1. The van der Waals surface area contributed by atoms with E-state index in [4.69, 9.17) is 27.7 Å². The van der Waals surface area contributed by atoms with Gasteiger partial charge in [-0.05, 0) is 38.2 Å². The van der Waals surface area contributed by atoms with E-state index in [0.717, 1.165) is 5.56 Å². The molecule has 15 nitrogen and oxygen atoms in total. The summed E-state index contributed by atoms with van der Waals surface area (Å²) in [4.78, 5) is 57.0. The number of carboxylic acid groups (broad SMARTS) is 1. The van der Waals surface area contributed by atoms with Crippen molar-refractivity contribution in [2.45, 2.75) is 57.3 Å². The lowest BCUT2D eigenvalue weighted by molar-refractivity contribution is -0.142. The summed E-state index contributed by atoms with van der Waals surface area (Å²) in [5, 5.41) is 16.8. The van der Waals surface area contributed by atoms with E-state index in [9.17, 15) is 24.3 Å². The predicted octanol–water partition coefficient (Wildman–Crippen LogP) is -1.54. The van der Waals surface area contributed by atoms with E-state index in [-0.39, 0.29) is 44.5 Å². The van der Waals surface area contributed by atoms with Gasteiger partial charge in [-0.1, -0.05) is 30.3 Å². The second kappa shape index (κ2) is 17.0. The number of nitrogens with zero attached hydrogens (tertiary/aromatic N) is 2. The molecule has 3 atom stereocenters. The van der Waals surface area contributed by atoms with Gasteiger partial charge in [-0.3, -0.25) is 19.6 Å². The first-order valence-corrected chi connectivity index (χ1v) is 11.9. The minimum Gasteiger partial charge on any atom is -0.480 e. The molecule has 1 aromatic rings. The van der Waals surface area contributed by atoms with Gasteiger partial charge in [0.25, 0.3) is 0 Å². The van der Waals surface area contributed by atoms with Gasteiger partial charge in [-0.15, -0.1) is 0 Å². The van der Waals surface area contributed by atoms with Crippen LogP contribution < -0.4 is 38.9 Å². The monoisotopic (exact) mass is 535 g/mol. The molecule has 0 unspecified atom stereocenters. The Morgan fingerprint density at radius 3 is 1.89 bits per heavy atom. The molecule has 0 bridgehead atoms. The molecule has 0 fully saturated rings. The third-order valence-electron chi connectivity index (χ3n) is 5.08. The molecular formula is C23H37N9O6. The van der Waals surface area contributed by atoms with Crippen LogP contribution in [0.4, 0.5) is 4.79 Å². The van der Waals surface area contributed by atoms with E-state index < -0.39 is 42.0 Å². The van der Waals surface area contributed by atoms with Gasteiger partial charge < -0.3 is 48.7 Å². The summed E-state index contributed by atoms with van der Waals surface area (Å²) in [6.07, 6.45) is -0.0725. The number of carbonyl (C=O) groups excluding carboxylic acids is 3. The summed E-state index contributed by atoms with van der Waals surface area (Å²) < 4.78 is 5.11. The zero-order chi connectivity index (χ0) is 28.5. The fourth-order valence-electron chi connectivity index (χ4n) is 3.11. The van der Waals surface area contributed by atoms with E-state index >= 15 is 0 Å². The van der Waals surface area contributed by atoms with Crippen molar-refractivity contribution in [1.82, 2.24) is 16.0 Å². The van der Waals surface area contributed by atoms with Crippen LogP contribution >= 0.6 is 0 Å². The average molecular weight is 536 g/mol. The first kappa shape index (κ1) is 31.5. The fraction of sp³-hybridized carbons (Fsp3) is 0.478. The number of nitrogens with two attached hydrogens (primary N) is 4. The number of rotatable bonds is 16. The van der Waals surface area contributed by atoms with Gasteiger partial charge in [0, 0.05) is 13.1 Å². The summed E-state index contributed by atoms with van der Waals surface area (Å²) in [7, 11) is 0. The molecule has 15 heteroatoms. The molecule has 0 saturated heterocycles. The van der Waals surface area contributed by atoms with Crippen molar-refractivity contribution in [3.63, 3.8) is 0 Å². The number of hydrogen-bond acceptors (Lipinski definition) is 7. The Morgan fingerprint density at radius 1 is 0.842 bits per heavy atom. The minimum atomic E-state index is -1.26. The summed E-state index contributed by atoms with van der Waals surface area (Å²) in [5.41, 5.74) is 21.9.